The zero-order chi connectivity index (χ0) is 16.4. The van der Waals surface area contributed by atoms with Crippen molar-refractivity contribution in [3.8, 4) is 0 Å². The summed E-state index contributed by atoms with van der Waals surface area (Å²) in [4.78, 5) is 26.9. The van der Waals surface area contributed by atoms with Crippen molar-refractivity contribution in [1.82, 2.24) is 20.3 Å². The molecule has 1 atom stereocenters. The summed E-state index contributed by atoms with van der Waals surface area (Å²) in [6.45, 7) is 8.25. The molecular formula is C17H23N5O. The second kappa shape index (κ2) is 6.48. The van der Waals surface area contributed by atoms with Crippen LogP contribution in [0.1, 0.15) is 31.0 Å². The summed E-state index contributed by atoms with van der Waals surface area (Å²) in [6, 6.07) is 2.08. The van der Waals surface area contributed by atoms with Gasteiger partial charge in [-0.05, 0) is 44.2 Å². The number of pyridine rings is 1. The quantitative estimate of drug-likeness (QED) is 0.938. The van der Waals surface area contributed by atoms with E-state index in [0.717, 1.165) is 60.6 Å². The van der Waals surface area contributed by atoms with E-state index in [9.17, 15) is 4.79 Å². The Balaban J connectivity index is 1.89. The van der Waals surface area contributed by atoms with Crippen molar-refractivity contribution in [1.29, 1.82) is 0 Å². The van der Waals surface area contributed by atoms with Crippen LogP contribution in [0.3, 0.4) is 0 Å². The minimum absolute atomic E-state index is 0.0325. The average molecular weight is 313 g/mol. The Hall–Kier alpha value is -2.24. The predicted octanol–water partition coefficient (Wildman–Crippen LogP) is 1.99. The number of hydrogen-bond donors (Lipinski definition) is 1. The van der Waals surface area contributed by atoms with Crippen molar-refractivity contribution >= 4 is 22.8 Å². The van der Waals surface area contributed by atoms with Crippen LogP contribution in [0.2, 0.25) is 0 Å². The lowest BCUT2D eigenvalue weighted by atomic mass is 9.97. The standard InChI is InChI=1S/C17H23N5O/c1-11-7-12(2)21-16-15(11)17(20-10-19-16)22-6-4-5-14(9-22)8-18-13(3)23/h7,10,14H,4-6,8-9H2,1-3H3,(H,18,23)/t14-/m0/s1. The summed E-state index contributed by atoms with van der Waals surface area (Å²) in [5.74, 6) is 1.45. The SMILES string of the molecule is CC(=O)NC[C@@H]1CCCN(c2ncnc3nc(C)cc(C)c23)C1. The lowest BCUT2D eigenvalue weighted by Crippen LogP contribution is -2.41. The smallest absolute Gasteiger partial charge is 0.216 e. The summed E-state index contributed by atoms with van der Waals surface area (Å²) in [5.41, 5.74) is 2.89. The second-order valence-electron chi connectivity index (χ2n) is 6.37. The maximum Gasteiger partial charge on any atom is 0.216 e. The Labute approximate surface area is 136 Å². The van der Waals surface area contributed by atoms with E-state index in [-0.39, 0.29) is 5.91 Å². The van der Waals surface area contributed by atoms with Crippen LogP contribution in [0.15, 0.2) is 12.4 Å². The number of amides is 1. The first-order chi connectivity index (χ1) is 11.0. The first-order valence-corrected chi connectivity index (χ1v) is 8.13. The van der Waals surface area contributed by atoms with E-state index in [2.05, 4.69) is 38.2 Å². The van der Waals surface area contributed by atoms with Crippen molar-refractivity contribution < 1.29 is 4.79 Å². The van der Waals surface area contributed by atoms with Gasteiger partial charge in [0.05, 0.1) is 5.39 Å². The number of rotatable bonds is 3. The molecule has 1 aliphatic heterocycles. The number of anilines is 1. The topological polar surface area (TPSA) is 71.0 Å². The first kappa shape index (κ1) is 15.6. The number of aromatic nitrogens is 3. The normalized spacial score (nSPS) is 18.2. The maximum atomic E-state index is 11.1. The summed E-state index contributed by atoms with van der Waals surface area (Å²) < 4.78 is 0. The van der Waals surface area contributed by atoms with Crippen molar-refractivity contribution in [2.24, 2.45) is 5.92 Å². The molecule has 6 heteroatoms. The van der Waals surface area contributed by atoms with Gasteiger partial charge in [0.1, 0.15) is 12.1 Å². The van der Waals surface area contributed by atoms with Crippen LogP contribution < -0.4 is 10.2 Å². The Morgan fingerprint density at radius 3 is 3.00 bits per heavy atom. The van der Waals surface area contributed by atoms with E-state index < -0.39 is 0 Å². The van der Waals surface area contributed by atoms with Crippen molar-refractivity contribution in [2.75, 3.05) is 24.5 Å². The van der Waals surface area contributed by atoms with Crippen LogP contribution in [0.25, 0.3) is 11.0 Å². The number of carbonyl (C=O) groups is 1. The molecule has 0 radical (unpaired) electrons. The highest BCUT2D eigenvalue weighted by atomic mass is 16.1. The predicted molar refractivity (Wildman–Crippen MR) is 90.4 cm³/mol. The maximum absolute atomic E-state index is 11.1. The molecule has 6 nitrogen and oxygen atoms in total. The Morgan fingerprint density at radius 1 is 1.39 bits per heavy atom. The average Bonchev–Trinajstić information content (AvgIpc) is 2.52. The minimum atomic E-state index is 0.0325. The fourth-order valence-corrected chi connectivity index (χ4v) is 3.34. The number of nitrogens with zero attached hydrogens (tertiary/aromatic N) is 4. The van der Waals surface area contributed by atoms with Gasteiger partial charge in [-0.25, -0.2) is 15.0 Å². The van der Waals surface area contributed by atoms with E-state index in [0.29, 0.717) is 5.92 Å². The van der Waals surface area contributed by atoms with Gasteiger partial charge in [-0.1, -0.05) is 0 Å². The van der Waals surface area contributed by atoms with Gasteiger partial charge in [0.25, 0.3) is 0 Å². The highest BCUT2D eigenvalue weighted by molar-refractivity contribution is 5.90. The molecular weight excluding hydrogens is 290 g/mol. The largest absolute Gasteiger partial charge is 0.356 e. The van der Waals surface area contributed by atoms with Gasteiger partial charge < -0.3 is 10.2 Å². The lowest BCUT2D eigenvalue weighted by Gasteiger charge is -2.34. The molecule has 1 saturated heterocycles. The van der Waals surface area contributed by atoms with Gasteiger partial charge in [-0.15, -0.1) is 0 Å². The molecule has 2 aromatic heterocycles. The van der Waals surface area contributed by atoms with Crippen LogP contribution in [0.4, 0.5) is 5.82 Å². The van der Waals surface area contributed by atoms with Crippen molar-refractivity contribution in [2.45, 2.75) is 33.6 Å². The molecule has 3 heterocycles. The van der Waals surface area contributed by atoms with E-state index in [4.69, 9.17) is 0 Å². The molecule has 0 bridgehead atoms. The highest BCUT2D eigenvalue weighted by Gasteiger charge is 2.23. The second-order valence-corrected chi connectivity index (χ2v) is 6.37. The van der Waals surface area contributed by atoms with Crippen LogP contribution in [0.5, 0.6) is 0 Å². The zero-order valence-corrected chi connectivity index (χ0v) is 14.0. The van der Waals surface area contributed by atoms with Crippen LogP contribution in [-0.2, 0) is 4.79 Å². The molecule has 3 rings (SSSR count). The number of aryl methyl sites for hydroxylation is 2. The summed E-state index contributed by atoms with van der Waals surface area (Å²) in [5, 5.41) is 3.97. The number of fused-ring (bicyclic) bond motifs is 1. The molecule has 0 saturated carbocycles. The molecule has 1 aliphatic rings. The Kier molecular flexibility index (Phi) is 4.41. The Morgan fingerprint density at radius 2 is 2.22 bits per heavy atom. The van der Waals surface area contributed by atoms with Gasteiger partial charge in [0.15, 0.2) is 5.65 Å². The molecule has 1 amide bonds. The van der Waals surface area contributed by atoms with E-state index in [1.165, 1.54) is 0 Å². The Bertz CT molecular complexity index is 730. The number of hydrogen-bond acceptors (Lipinski definition) is 5. The van der Waals surface area contributed by atoms with Gasteiger partial charge in [0.2, 0.25) is 5.91 Å². The molecule has 0 aliphatic carbocycles. The number of nitrogens with one attached hydrogen (secondary N) is 1. The van der Waals surface area contributed by atoms with E-state index in [1.54, 1.807) is 13.3 Å². The monoisotopic (exact) mass is 313 g/mol. The minimum Gasteiger partial charge on any atom is -0.356 e. The van der Waals surface area contributed by atoms with Gasteiger partial charge in [0, 0.05) is 32.3 Å². The fourth-order valence-electron chi connectivity index (χ4n) is 3.34. The molecule has 1 fully saturated rings. The van der Waals surface area contributed by atoms with Crippen LogP contribution in [0, 0.1) is 19.8 Å². The van der Waals surface area contributed by atoms with Crippen LogP contribution in [-0.4, -0.2) is 40.5 Å². The van der Waals surface area contributed by atoms with E-state index in [1.807, 2.05) is 6.92 Å². The van der Waals surface area contributed by atoms with E-state index >= 15 is 0 Å². The van der Waals surface area contributed by atoms with Crippen LogP contribution >= 0.6 is 0 Å². The molecule has 1 N–H and O–H groups in total. The van der Waals surface area contributed by atoms with Gasteiger partial charge in [-0.3, -0.25) is 4.79 Å². The zero-order valence-electron chi connectivity index (χ0n) is 14.0. The lowest BCUT2D eigenvalue weighted by molar-refractivity contribution is -0.119. The number of carbonyl (C=O) groups excluding carboxylic acids is 1. The summed E-state index contributed by atoms with van der Waals surface area (Å²) in [6.07, 6.45) is 3.84. The van der Waals surface area contributed by atoms with Crippen molar-refractivity contribution in [3.63, 3.8) is 0 Å². The van der Waals surface area contributed by atoms with Crippen molar-refractivity contribution in [3.05, 3.63) is 23.7 Å². The molecule has 0 aromatic carbocycles. The first-order valence-electron chi connectivity index (χ1n) is 8.13. The molecule has 0 spiro atoms. The van der Waals surface area contributed by atoms with Gasteiger partial charge in [-0.2, -0.15) is 0 Å². The third-order valence-electron chi connectivity index (χ3n) is 4.37. The third-order valence-corrected chi connectivity index (χ3v) is 4.37. The number of piperidine rings is 1. The third kappa shape index (κ3) is 3.41. The summed E-state index contributed by atoms with van der Waals surface area (Å²) >= 11 is 0. The highest BCUT2D eigenvalue weighted by Crippen LogP contribution is 2.29. The molecule has 2 aromatic rings. The summed E-state index contributed by atoms with van der Waals surface area (Å²) in [7, 11) is 0. The molecule has 122 valence electrons. The van der Waals surface area contributed by atoms with Gasteiger partial charge >= 0.3 is 0 Å². The molecule has 23 heavy (non-hydrogen) atoms. The fraction of sp³-hybridized carbons (Fsp3) is 0.529. The molecule has 0 unspecified atom stereocenters.